The van der Waals surface area contributed by atoms with E-state index in [9.17, 15) is 5.11 Å². The fraction of sp³-hybridized carbons (Fsp3) is 0.500. The molecule has 2 aliphatic carbocycles. The van der Waals surface area contributed by atoms with Gasteiger partial charge in [-0.3, -0.25) is 4.98 Å². The van der Waals surface area contributed by atoms with Gasteiger partial charge in [-0.05, 0) is 61.3 Å². The molecule has 2 heteroatoms. The van der Waals surface area contributed by atoms with Crippen LogP contribution in [0, 0.1) is 24.7 Å². The molecule has 2 aliphatic rings. The normalized spacial score (nSPS) is 30.0. The standard InChI is InChI=1S/C18H21NO/c1-11-6-7-12-10-13(8-9-16(12)19-11)18(20)17-14-4-2-3-5-15(14)17/h6-10,14-15,17-18,20H,2-5H2,1H3. The van der Waals surface area contributed by atoms with E-state index in [1.807, 2.05) is 19.1 Å². The number of aliphatic hydroxyl groups is 1. The van der Waals surface area contributed by atoms with Crippen LogP contribution < -0.4 is 0 Å². The highest BCUT2D eigenvalue weighted by molar-refractivity contribution is 5.79. The number of rotatable bonds is 2. The van der Waals surface area contributed by atoms with Gasteiger partial charge in [0.1, 0.15) is 0 Å². The topological polar surface area (TPSA) is 33.1 Å². The van der Waals surface area contributed by atoms with Crippen LogP contribution >= 0.6 is 0 Å². The summed E-state index contributed by atoms with van der Waals surface area (Å²) in [6.45, 7) is 2.01. The van der Waals surface area contributed by atoms with Crippen molar-refractivity contribution in [1.82, 2.24) is 4.98 Å². The molecule has 0 spiro atoms. The maximum atomic E-state index is 10.7. The van der Waals surface area contributed by atoms with Crippen LogP contribution in [0.5, 0.6) is 0 Å². The maximum Gasteiger partial charge on any atom is 0.0823 e. The van der Waals surface area contributed by atoms with Gasteiger partial charge in [-0.1, -0.05) is 25.0 Å². The second kappa shape index (κ2) is 4.56. The Morgan fingerprint density at radius 3 is 2.60 bits per heavy atom. The van der Waals surface area contributed by atoms with Crippen LogP contribution in [0.2, 0.25) is 0 Å². The van der Waals surface area contributed by atoms with Crippen molar-refractivity contribution in [1.29, 1.82) is 0 Å². The number of aromatic nitrogens is 1. The predicted molar refractivity (Wildman–Crippen MR) is 80.4 cm³/mol. The highest BCUT2D eigenvalue weighted by Gasteiger charge is 2.54. The van der Waals surface area contributed by atoms with Crippen molar-refractivity contribution in [3.8, 4) is 0 Å². The molecular weight excluding hydrogens is 246 g/mol. The molecule has 1 aromatic carbocycles. The average molecular weight is 267 g/mol. The van der Waals surface area contributed by atoms with Gasteiger partial charge in [0.15, 0.2) is 0 Å². The SMILES string of the molecule is Cc1ccc2cc(C(O)C3C4CCCCC43)ccc2n1. The molecule has 0 saturated heterocycles. The van der Waals surface area contributed by atoms with Crippen LogP contribution in [-0.4, -0.2) is 10.1 Å². The molecule has 1 aromatic heterocycles. The quantitative estimate of drug-likeness (QED) is 0.891. The van der Waals surface area contributed by atoms with Gasteiger partial charge in [-0.15, -0.1) is 0 Å². The van der Waals surface area contributed by atoms with Crippen LogP contribution in [-0.2, 0) is 0 Å². The van der Waals surface area contributed by atoms with E-state index in [-0.39, 0.29) is 6.10 Å². The second-order valence-corrected chi connectivity index (χ2v) is 6.54. The first-order valence-electron chi connectivity index (χ1n) is 7.79. The van der Waals surface area contributed by atoms with Crippen molar-refractivity contribution < 1.29 is 5.11 Å². The Balaban J connectivity index is 1.63. The number of hydrogen-bond donors (Lipinski definition) is 1. The summed E-state index contributed by atoms with van der Waals surface area (Å²) in [4.78, 5) is 4.53. The Labute approximate surface area is 119 Å². The number of aryl methyl sites for hydroxylation is 1. The van der Waals surface area contributed by atoms with Gasteiger partial charge in [0.25, 0.3) is 0 Å². The summed E-state index contributed by atoms with van der Waals surface area (Å²) >= 11 is 0. The summed E-state index contributed by atoms with van der Waals surface area (Å²) in [5, 5.41) is 11.8. The van der Waals surface area contributed by atoms with Crippen LogP contribution in [0.15, 0.2) is 30.3 Å². The van der Waals surface area contributed by atoms with E-state index in [4.69, 9.17) is 0 Å². The van der Waals surface area contributed by atoms with E-state index in [2.05, 4.69) is 23.2 Å². The van der Waals surface area contributed by atoms with Crippen LogP contribution in [0.4, 0.5) is 0 Å². The molecule has 3 atom stereocenters. The Hall–Kier alpha value is -1.41. The molecule has 1 heterocycles. The first-order valence-corrected chi connectivity index (χ1v) is 7.79. The zero-order chi connectivity index (χ0) is 13.7. The summed E-state index contributed by atoms with van der Waals surface area (Å²) < 4.78 is 0. The van der Waals surface area contributed by atoms with Gasteiger partial charge in [-0.2, -0.15) is 0 Å². The fourth-order valence-electron chi connectivity index (χ4n) is 4.17. The lowest BCUT2D eigenvalue weighted by Crippen LogP contribution is -2.02. The minimum Gasteiger partial charge on any atom is -0.388 e. The molecule has 0 aliphatic heterocycles. The highest BCUT2D eigenvalue weighted by Crippen LogP contribution is 2.60. The number of nitrogens with zero attached hydrogens (tertiary/aromatic N) is 1. The van der Waals surface area contributed by atoms with Crippen LogP contribution in [0.25, 0.3) is 10.9 Å². The van der Waals surface area contributed by atoms with E-state index in [1.165, 1.54) is 25.7 Å². The molecular formula is C18H21NO. The molecule has 0 bridgehead atoms. The van der Waals surface area contributed by atoms with Crippen molar-refractivity contribution in [2.75, 3.05) is 0 Å². The Morgan fingerprint density at radius 1 is 1.10 bits per heavy atom. The lowest BCUT2D eigenvalue weighted by atomic mass is 10.0. The lowest BCUT2D eigenvalue weighted by Gasteiger charge is -2.12. The largest absolute Gasteiger partial charge is 0.388 e. The summed E-state index contributed by atoms with van der Waals surface area (Å²) in [5.74, 6) is 2.07. The molecule has 104 valence electrons. The zero-order valence-corrected chi connectivity index (χ0v) is 11.9. The van der Waals surface area contributed by atoms with E-state index in [0.29, 0.717) is 5.92 Å². The monoisotopic (exact) mass is 267 g/mol. The molecule has 3 unspecified atom stereocenters. The third-order valence-electron chi connectivity index (χ3n) is 5.28. The molecule has 1 N–H and O–H groups in total. The van der Waals surface area contributed by atoms with Crippen molar-refractivity contribution in [3.05, 3.63) is 41.6 Å². The van der Waals surface area contributed by atoms with E-state index >= 15 is 0 Å². The number of aliphatic hydroxyl groups excluding tert-OH is 1. The minimum atomic E-state index is -0.284. The average Bonchev–Trinajstić information content (AvgIpc) is 3.20. The summed E-state index contributed by atoms with van der Waals surface area (Å²) in [7, 11) is 0. The summed E-state index contributed by atoms with van der Waals surface area (Å²) in [6, 6.07) is 10.4. The molecule has 0 radical (unpaired) electrons. The van der Waals surface area contributed by atoms with E-state index in [0.717, 1.165) is 34.0 Å². The lowest BCUT2D eigenvalue weighted by molar-refractivity contribution is 0.142. The first-order chi connectivity index (χ1) is 9.74. The first kappa shape index (κ1) is 12.3. The van der Waals surface area contributed by atoms with Gasteiger partial charge in [0.2, 0.25) is 0 Å². The second-order valence-electron chi connectivity index (χ2n) is 6.54. The van der Waals surface area contributed by atoms with Crippen molar-refractivity contribution >= 4 is 10.9 Å². The molecule has 0 amide bonds. The Kier molecular flexibility index (Phi) is 2.81. The van der Waals surface area contributed by atoms with Gasteiger partial charge in [0, 0.05) is 11.1 Å². The van der Waals surface area contributed by atoms with Gasteiger partial charge >= 0.3 is 0 Å². The van der Waals surface area contributed by atoms with Crippen molar-refractivity contribution in [2.24, 2.45) is 17.8 Å². The van der Waals surface area contributed by atoms with Crippen LogP contribution in [0.1, 0.15) is 43.0 Å². The highest BCUT2D eigenvalue weighted by atomic mass is 16.3. The maximum absolute atomic E-state index is 10.7. The number of hydrogen-bond acceptors (Lipinski definition) is 2. The smallest absolute Gasteiger partial charge is 0.0823 e. The molecule has 20 heavy (non-hydrogen) atoms. The number of pyridine rings is 1. The Morgan fingerprint density at radius 2 is 1.85 bits per heavy atom. The molecule has 2 saturated carbocycles. The van der Waals surface area contributed by atoms with Crippen molar-refractivity contribution in [3.63, 3.8) is 0 Å². The van der Waals surface area contributed by atoms with Gasteiger partial charge in [-0.25, -0.2) is 0 Å². The Bertz CT molecular complexity index is 639. The number of fused-ring (bicyclic) bond motifs is 2. The van der Waals surface area contributed by atoms with Gasteiger partial charge < -0.3 is 5.11 Å². The summed E-state index contributed by atoms with van der Waals surface area (Å²) in [6.07, 6.45) is 5.06. The number of benzene rings is 1. The third-order valence-corrected chi connectivity index (χ3v) is 5.28. The van der Waals surface area contributed by atoms with E-state index in [1.54, 1.807) is 0 Å². The third kappa shape index (κ3) is 1.94. The van der Waals surface area contributed by atoms with Gasteiger partial charge in [0.05, 0.1) is 11.6 Å². The molecule has 2 nitrogen and oxygen atoms in total. The zero-order valence-electron chi connectivity index (χ0n) is 11.9. The molecule has 2 fully saturated rings. The van der Waals surface area contributed by atoms with Crippen molar-refractivity contribution in [2.45, 2.75) is 38.7 Å². The fourth-order valence-corrected chi connectivity index (χ4v) is 4.17. The molecule has 4 rings (SSSR count). The summed E-state index contributed by atoms with van der Waals surface area (Å²) in [5.41, 5.74) is 3.13. The molecule has 2 aromatic rings. The predicted octanol–water partition coefficient (Wildman–Crippen LogP) is 4.01. The van der Waals surface area contributed by atoms with Crippen LogP contribution in [0.3, 0.4) is 0 Å². The minimum absolute atomic E-state index is 0.284. The van der Waals surface area contributed by atoms with E-state index < -0.39 is 0 Å².